The third kappa shape index (κ3) is 4.29. The number of carbonyl (C=O) groups is 2. The number of halogens is 2. The minimum Gasteiger partial charge on any atom is -0.478 e. The van der Waals surface area contributed by atoms with Crippen LogP contribution in [-0.2, 0) is 4.79 Å². The van der Waals surface area contributed by atoms with Crippen LogP contribution in [0.2, 0.25) is 0 Å². The Kier molecular flexibility index (Phi) is 4.21. The van der Waals surface area contributed by atoms with Crippen LogP contribution in [0.4, 0.5) is 14.5 Å². The fraction of sp³-hybridized carbons (Fsp3) is 0.333. The van der Waals surface area contributed by atoms with Crippen LogP contribution in [0.15, 0.2) is 12.1 Å². The molecular formula is C12H14F2N2O3. The van der Waals surface area contributed by atoms with Crippen molar-refractivity contribution in [2.75, 3.05) is 5.32 Å². The molecule has 1 amide bonds. The van der Waals surface area contributed by atoms with Gasteiger partial charge >= 0.3 is 5.97 Å². The molecule has 7 heteroatoms. The molecule has 0 saturated carbocycles. The van der Waals surface area contributed by atoms with Crippen molar-refractivity contribution in [3.8, 4) is 0 Å². The number of nitrogens with one attached hydrogen (secondary N) is 1. The van der Waals surface area contributed by atoms with Gasteiger partial charge in [0, 0.05) is 18.0 Å². The molecule has 19 heavy (non-hydrogen) atoms. The molecule has 0 saturated heterocycles. The molecular weight excluding hydrogens is 258 g/mol. The van der Waals surface area contributed by atoms with Gasteiger partial charge in [0.25, 0.3) is 0 Å². The predicted octanol–water partition coefficient (Wildman–Crippen LogP) is 1.73. The zero-order valence-corrected chi connectivity index (χ0v) is 10.5. The molecule has 4 N–H and O–H groups in total. The molecule has 0 atom stereocenters. The summed E-state index contributed by atoms with van der Waals surface area (Å²) in [5, 5.41) is 11.1. The first kappa shape index (κ1) is 15.0. The van der Waals surface area contributed by atoms with Gasteiger partial charge in [-0.15, -0.1) is 0 Å². The Hall–Kier alpha value is -2.02. The number of anilines is 1. The van der Waals surface area contributed by atoms with E-state index < -0.39 is 34.6 Å². The average Bonchev–Trinajstić information content (AvgIpc) is 2.19. The summed E-state index contributed by atoms with van der Waals surface area (Å²) in [7, 11) is 0. The largest absolute Gasteiger partial charge is 0.478 e. The first-order valence-electron chi connectivity index (χ1n) is 5.41. The molecule has 0 bridgehead atoms. The third-order valence-electron chi connectivity index (χ3n) is 2.18. The molecule has 1 aromatic carbocycles. The van der Waals surface area contributed by atoms with Gasteiger partial charge in [-0.3, -0.25) is 4.79 Å². The van der Waals surface area contributed by atoms with Crippen molar-refractivity contribution >= 4 is 17.6 Å². The van der Waals surface area contributed by atoms with Crippen LogP contribution in [0.1, 0.15) is 30.6 Å². The van der Waals surface area contributed by atoms with Gasteiger partial charge in [0.05, 0.1) is 11.3 Å². The Morgan fingerprint density at radius 3 is 2.32 bits per heavy atom. The highest BCUT2D eigenvalue weighted by Gasteiger charge is 2.20. The number of aromatic carboxylic acids is 1. The van der Waals surface area contributed by atoms with E-state index in [0.29, 0.717) is 12.1 Å². The summed E-state index contributed by atoms with van der Waals surface area (Å²) in [6, 6.07) is 1.14. The SMILES string of the molecule is CC(C)(N)CC(=O)Nc1cc(F)c(F)cc1C(=O)O. The highest BCUT2D eigenvalue weighted by Crippen LogP contribution is 2.21. The summed E-state index contributed by atoms with van der Waals surface area (Å²) < 4.78 is 26.0. The molecule has 0 unspecified atom stereocenters. The van der Waals surface area contributed by atoms with Gasteiger partial charge in [0.1, 0.15) is 0 Å². The van der Waals surface area contributed by atoms with Crippen LogP contribution < -0.4 is 11.1 Å². The minimum absolute atomic E-state index is 0.0922. The minimum atomic E-state index is -1.47. The van der Waals surface area contributed by atoms with Crippen molar-refractivity contribution in [3.05, 3.63) is 29.3 Å². The van der Waals surface area contributed by atoms with Crippen molar-refractivity contribution in [1.82, 2.24) is 0 Å². The predicted molar refractivity (Wildman–Crippen MR) is 64.8 cm³/mol. The molecule has 0 aliphatic heterocycles. The summed E-state index contributed by atoms with van der Waals surface area (Å²) in [5.74, 6) is -4.59. The van der Waals surface area contributed by atoms with Gasteiger partial charge < -0.3 is 16.2 Å². The lowest BCUT2D eigenvalue weighted by atomic mass is 10.0. The van der Waals surface area contributed by atoms with E-state index in [1.165, 1.54) is 0 Å². The highest BCUT2D eigenvalue weighted by molar-refractivity contribution is 6.00. The maximum atomic E-state index is 13.1. The lowest BCUT2D eigenvalue weighted by molar-refractivity contribution is -0.117. The van der Waals surface area contributed by atoms with Gasteiger partial charge in [-0.25, -0.2) is 13.6 Å². The van der Waals surface area contributed by atoms with E-state index in [0.717, 1.165) is 0 Å². The summed E-state index contributed by atoms with van der Waals surface area (Å²) in [5.41, 5.74) is 4.00. The van der Waals surface area contributed by atoms with Gasteiger partial charge in [-0.2, -0.15) is 0 Å². The molecule has 5 nitrogen and oxygen atoms in total. The van der Waals surface area contributed by atoms with E-state index in [4.69, 9.17) is 10.8 Å². The lowest BCUT2D eigenvalue weighted by Crippen LogP contribution is -2.36. The Bertz CT molecular complexity index is 524. The second kappa shape index (κ2) is 5.31. The van der Waals surface area contributed by atoms with Crippen LogP contribution in [0.5, 0.6) is 0 Å². The molecule has 0 aromatic heterocycles. The number of nitrogens with two attached hydrogens (primary N) is 1. The maximum Gasteiger partial charge on any atom is 0.337 e. The summed E-state index contributed by atoms with van der Waals surface area (Å²) >= 11 is 0. The molecule has 0 aliphatic carbocycles. The van der Waals surface area contributed by atoms with Crippen LogP contribution >= 0.6 is 0 Å². The van der Waals surface area contributed by atoms with Crippen molar-refractivity contribution in [2.45, 2.75) is 25.8 Å². The van der Waals surface area contributed by atoms with E-state index in [1.54, 1.807) is 13.8 Å². The number of carboxylic acids is 1. The fourth-order valence-corrected chi connectivity index (χ4v) is 1.44. The Balaban J connectivity index is 3.03. The monoisotopic (exact) mass is 272 g/mol. The molecule has 0 radical (unpaired) electrons. The molecule has 0 aliphatic rings. The topological polar surface area (TPSA) is 92.4 Å². The van der Waals surface area contributed by atoms with Gasteiger partial charge in [-0.1, -0.05) is 0 Å². The van der Waals surface area contributed by atoms with Crippen molar-refractivity contribution in [1.29, 1.82) is 0 Å². The molecule has 1 aromatic rings. The number of hydrogen-bond donors (Lipinski definition) is 3. The summed E-state index contributed by atoms with van der Waals surface area (Å²) in [4.78, 5) is 22.5. The van der Waals surface area contributed by atoms with Crippen molar-refractivity contribution in [3.63, 3.8) is 0 Å². The first-order chi connectivity index (χ1) is 8.60. The molecule has 1 rings (SSSR count). The Labute approximate surface area is 108 Å². The van der Waals surface area contributed by atoms with Gasteiger partial charge in [0.15, 0.2) is 11.6 Å². The quantitative estimate of drug-likeness (QED) is 0.778. The maximum absolute atomic E-state index is 13.1. The number of rotatable bonds is 4. The standard InChI is InChI=1S/C12H14F2N2O3/c1-12(2,15)5-10(17)16-9-4-8(14)7(13)3-6(9)11(18)19/h3-4H,5,15H2,1-2H3,(H,16,17)(H,18,19). The normalized spacial score (nSPS) is 11.2. The number of amides is 1. The molecule has 104 valence electrons. The first-order valence-corrected chi connectivity index (χ1v) is 5.41. The zero-order chi connectivity index (χ0) is 14.8. The van der Waals surface area contributed by atoms with Gasteiger partial charge in [0.2, 0.25) is 5.91 Å². The van der Waals surface area contributed by atoms with E-state index in [1.807, 2.05) is 0 Å². The second-order valence-electron chi connectivity index (χ2n) is 4.83. The summed E-state index contributed by atoms with van der Waals surface area (Å²) in [6.07, 6.45) is -0.0922. The van der Waals surface area contributed by atoms with E-state index in [-0.39, 0.29) is 12.1 Å². The smallest absolute Gasteiger partial charge is 0.337 e. The summed E-state index contributed by atoms with van der Waals surface area (Å²) in [6.45, 7) is 3.21. The lowest BCUT2D eigenvalue weighted by Gasteiger charge is -2.18. The Morgan fingerprint density at radius 1 is 1.32 bits per heavy atom. The van der Waals surface area contributed by atoms with E-state index in [9.17, 15) is 18.4 Å². The molecule has 0 heterocycles. The second-order valence-corrected chi connectivity index (χ2v) is 4.83. The zero-order valence-electron chi connectivity index (χ0n) is 10.5. The molecule has 0 fully saturated rings. The highest BCUT2D eigenvalue weighted by atomic mass is 19.2. The number of carbonyl (C=O) groups excluding carboxylic acids is 1. The van der Waals surface area contributed by atoms with Crippen LogP contribution in [-0.4, -0.2) is 22.5 Å². The van der Waals surface area contributed by atoms with E-state index >= 15 is 0 Å². The van der Waals surface area contributed by atoms with Crippen molar-refractivity contribution < 1.29 is 23.5 Å². The van der Waals surface area contributed by atoms with Crippen LogP contribution in [0, 0.1) is 11.6 Å². The third-order valence-corrected chi connectivity index (χ3v) is 2.18. The van der Waals surface area contributed by atoms with Crippen LogP contribution in [0.25, 0.3) is 0 Å². The molecule has 0 spiro atoms. The van der Waals surface area contributed by atoms with Crippen LogP contribution in [0.3, 0.4) is 0 Å². The van der Waals surface area contributed by atoms with E-state index in [2.05, 4.69) is 5.32 Å². The van der Waals surface area contributed by atoms with Gasteiger partial charge in [-0.05, 0) is 19.9 Å². The Morgan fingerprint density at radius 2 is 1.84 bits per heavy atom. The van der Waals surface area contributed by atoms with Crippen molar-refractivity contribution in [2.24, 2.45) is 5.73 Å². The number of carboxylic acid groups (broad SMARTS) is 1. The number of benzene rings is 1. The number of hydrogen-bond acceptors (Lipinski definition) is 3. The average molecular weight is 272 g/mol. The fourth-order valence-electron chi connectivity index (χ4n) is 1.44.